The van der Waals surface area contributed by atoms with Gasteiger partial charge in [-0.2, -0.15) is 4.31 Å². The van der Waals surface area contributed by atoms with Crippen LogP contribution < -0.4 is 0 Å². The monoisotopic (exact) mass is 445 g/mol. The van der Waals surface area contributed by atoms with Crippen molar-refractivity contribution in [3.63, 3.8) is 0 Å². The van der Waals surface area contributed by atoms with Crippen LogP contribution in [0.4, 0.5) is 4.39 Å². The molecule has 0 radical (unpaired) electrons. The average Bonchev–Trinajstić information content (AvgIpc) is 2.67. The predicted octanol–water partition coefficient (Wildman–Crippen LogP) is 3.65. The smallest absolute Gasteiger partial charge is 0.223 e. The average molecular weight is 446 g/mol. The maximum Gasteiger partial charge on any atom is 0.243 e. The van der Waals surface area contributed by atoms with Gasteiger partial charge in [-0.3, -0.25) is 0 Å². The highest BCUT2D eigenvalue weighted by molar-refractivity contribution is 7.92. The third-order valence-corrected chi connectivity index (χ3v) is 9.22. The lowest BCUT2D eigenvalue weighted by molar-refractivity contribution is 0.309. The summed E-state index contributed by atoms with van der Waals surface area (Å²) in [5, 5.41) is -0.843. The zero-order valence-electron chi connectivity index (χ0n) is 16.2. The summed E-state index contributed by atoms with van der Waals surface area (Å²) in [7, 11) is -7.49. The second-order valence-corrected chi connectivity index (χ2v) is 11.5. The van der Waals surface area contributed by atoms with Gasteiger partial charge in [0.05, 0.1) is 15.0 Å². The van der Waals surface area contributed by atoms with Crippen LogP contribution in [0.25, 0.3) is 11.1 Å². The topological polar surface area (TPSA) is 71.5 Å². The molecule has 0 atom stereocenters. The van der Waals surface area contributed by atoms with Gasteiger partial charge >= 0.3 is 0 Å². The van der Waals surface area contributed by atoms with Gasteiger partial charge in [0.15, 0.2) is 9.84 Å². The molecule has 4 rings (SSSR count). The van der Waals surface area contributed by atoms with E-state index < -0.39 is 30.9 Å². The first-order chi connectivity index (χ1) is 14.2. The highest BCUT2D eigenvalue weighted by Crippen LogP contribution is 2.30. The Morgan fingerprint density at radius 1 is 0.733 bits per heavy atom. The molecule has 0 aromatic heterocycles. The van der Waals surface area contributed by atoms with Crippen LogP contribution in [0.1, 0.15) is 5.56 Å². The van der Waals surface area contributed by atoms with Crippen molar-refractivity contribution in [3.05, 3.63) is 84.2 Å². The van der Waals surface area contributed by atoms with Crippen LogP contribution in [0.5, 0.6) is 0 Å². The number of sulfone groups is 1. The number of nitrogens with zero attached hydrogens (tertiary/aromatic N) is 1. The molecule has 0 amide bonds. The first kappa shape index (κ1) is 20.7. The van der Waals surface area contributed by atoms with Crippen molar-refractivity contribution >= 4 is 19.9 Å². The van der Waals surface area contributed by atoms with Crippen LogP contribution in [0.15, 0.2) is 82.6 Å². The summed E-state index contributed by atoms with van der Waals surface area (Å²) in [5.41, 5.74) is 3.02. The minimum atomic E-state index is -3.78. The molecule has 1 heterocycles. The van der Waals surface area contributed by atoms with E-state index in [4.69, 9.17) is 0 Å². The van der Waals surface area contributed by atoms with Crippen molar-refractivity contribution in [2.75, 3.05) is 13.1 Å². The molecule has 0 spiro atoms. The van der Waals surface area contributed by atoms with Gasteiger partial charge in [-0.15, -0.1) is 0 Å². The lowest BCUT2D eigenvalue weighted by Gasteiger charge is -2.37. The summed E-state index contributed by atoms with van der Waals surface area (Å²) < 4.78 is 65.1. The largest absolute Gasteiger partial charge is 0.243 e. The number of halogens is 1. The van der Waals surface area contributed by atoms with Crippen molar-refractivity contribution in [1.82, 2.24) is 4.31 Å². The van der Waals surface area contributed by atoms with Gasteiger partial charge in [0.2, 0.25) is 10.0 Å². The first-order valence-electron chi connectivity index (χ1n) is 9.35. The summed E-state index contributed by atoms with van der Waals surface area (Å²) in [5.74, 6) is -0.527. The first-order valence-corrected chi connectivity index (χ1v) is 12.3. The van der Waals surface area contributed by atoms with E-state index in [9.17, 15) is 21.2 Å². The minimum Gasteiger partial charge on any atom is -0.223 e. The Kier molecular flexibility index (Phi) is 5.25. The molecule has 0 aliphatic carbocycles. The maximum atomic E-state index is 13.0. The zero-order chi connectivity index (χ0) is 21.5. The number of aryl methyl sites for hydroxylation is 1. The van der Waals surface area contributed by atoms with E-state index in [0.717, 1.165) is 33.1 Å². The van der Waals surface area contributed by atoms with E-state index in [1.807, 2.05) is 31.2 Å². The standard InChI is InChI=1S/C22H20FNO4S2/c1-16-2-4-17(5-3-16)18-6-10-21(11-7-18)30(27,28)24-14-22(15-24)29(25,26)20-12-8-19(23)9-13-20/h2-13,22H,14-15H2,1H3. The van der Waals surface area contributed by atoms with Crippen molar-refractivity contribution in [3.8, 4) is 11.1 Å². The van der Waals surface area contributed by atoms with E-state index >= 15 is 0 Å². The molecule has 5 nitrogen and oxygen atoms in total. The number of benzene rings is 3. The molecule has 0 N–H and O–H groups in total. The van der Waals surface area contributed by atoms with Crippen molar-refractivity contribution in [1.29, 1.82) is 0 Å². The highest BCUT2D eigenvalue weighted by Gasteiger charge is 2.44. The van der Waals surface area contributed by atoms with Crippen molar-refractivity contribution in [2.45, 2.75) is 22.0 Å². The van der Waals surface area contributed by atoms with Crippen LogP contribution in [-0.2, 0) is 19.9 Å². The van der Waals surface area contributed by atoms with Crippen molar-refractivity contribution < 1.29 is 21.2 Å². The molecular formula is C22H20FNO4S2. The van der Waals surface area contributed by atoms with E-state index in [1.165, 1.54) is 24.3 Å². The Labute approximate surface area is 175 Å². The fourth-order valence-electron chi connectivity index (χ4n) is 3.32. The molecule has 0 bridgehead atoms. The molecule has 156 valence electrons. The summed E-state index contributed by atoms with van der Waals surface area (Å²) in [4.78, 5) is 0.115. The lowest BCUT2D eigenvalue weighted by Crippen LogP contribution is -2.56. The Hall–Kier alpha value is -2.55. The van der Waals surface area contributed by atoms with Crippen LogP contribution in [0.2, 0.25) is 0 Å². The van der Waals surface area contributed by atoms with E-state index in [1.54, 1.807) is 12.1 Å². The summed E-state index contributed by atoms with van der Waals surface area (Å²) in [6, 6.07) is 19.0. The lowest BCUT2D eigenvalue weighted by atomic mass is 10.0. The Bertz CT molecular complexity index is 1260. The molecule has 0 saturated carbocycles. The van der Waals surface area contributed by atoms with Crippen LogP contribution >= 0.6 is 0 Å². The van der Waals surface area contributed by atoms with E-state index in [2.05, 4.69) is 0 Å². The molecule has 1 fully saturated rings. The molecular weight excluding hydrogens is 425 g/mol. The zero-order valence-corrected chi connectivity index (χ0v) is 17.8. The number of rotatable bonds is 5. The van der Waals surface area contributed by atoms with Crippen LogP contribution in [0.3, 0.4) is 0 Å². The summed E-state index contributed by atoms with van der Waals surface area (Å²) in [6.07, 6.45) is 0. The van der Waals surface area contributed by atoms with Crippen LogP contribution in [-0.4, -0.2) is 39.5 Å². The molecule has 3 aromatic carbocycles. The Morgan fingerprint density at radius 3 is 1.73 bits per heavy atom. The molecule has 0 unspecified atom stereocenters. The van der Waals surface area contributed by atoms with Gasteiger partial charge in [0, 0.05) is 13.1 Å². The van der Waals surface area contributed by atoms with E-state index in [0.29, 0.717) is 0 Å². The van der Waals surface area contributed by atoms with E-state index in [-0.39, 0.29) is 22.9 Å². The second kappa shape index (κ2) is 7.61. The number of hydrogen-bond acceptors (Lipinski definition) is 4. The van der Waals surface area contributed by atoms with Gasteiger partial charge < -0.3 is 0 Å². The maximum absolute atomic E-state index is 13.0. The molecule has 30 heavy (non-hydrogen) atoms. The highest BCUT2D eigenvalue weighted by atomic mass is 32.2. The predicted molar refractivity (Wildman–Crippen MR) is 113 cm³/mol. The Balaban J connectivity index is 1.49. The van der Waals surface area contributed by atoms with Crippen molar-refractivity contribution in [2.24, 2.45) is 0 Å². The minimum absolute atomic E-state index is 0.00611. The Morgan fingerprint density at radius 2 is 1.20 bits per heavy atom. The normalized spacial score (nSPS) is 15.7. The quantitative estimate of drug-likeness (QED) is 0.562. The SMILES string of the molecule is Cc1ccc(-c2ccc(S(=O)(=O)N3CC(S(=O)(=O)c4ccc(F)cc4)C3)cc2)cc1. The van der Waals surface area contributed by atoms with Gasteiger partial charge in [-0.05, 0) is 54.4 Å². The molecule has 8 heteroatoms. The van der Waals surface area contributed by atoms with Gasteiger partial charge in [0.25, 0.3) is 0 Å². The summed E-state index contributed by atoms with van der Waals surface area (Å²) in [6.45, 7) is 1.75. The van der Waals surface area contributed by atoms with Gasteiger partial charge in [-0.25, -0.2) is 21.2 Å². The molecule has 3 aromatic rings. The molecule has 1 aliphatic heterocycles. The second-order valence-electron chi connectivity index (χ2n) is 7.33. The summed E-state index contributed by atoms with van der Waals surface area (Å²) >= 11 is 0. The fourth-order valence-corrected chi connectivity index (χ4v) is 6.70. The third-order valence-electron chi connectivity index (χ3n) is 5.27. The fraction of sp³-hybridized carbons (Fsp3) is 0.182. The molecule has 1 aliphatic rings. The molecule has 1 saturated heterocycles. The van der Waals surface area contributed by atoms with Gasteiger partial charge in [0.1, 0.15) is 5.82 Å². The number of hydrogen-bond donors (Lipinski definition) is 0. The van der Waals surface area contributed by atoms with Gasteiger partial charge in [-0.1, -0.05) is 42.0 Å². The number of sulfonamides is 1. The third kappa shape index (κ3) is 3.78. The van der Waals surface area contributed by atoms with Crippen LogP contribution in [0, 0.1) is 12.7 Å².